The summed E-state index contributed by atoms with van der Waals surface area (Å²) in [4.78, 5) is 4.46. The van der Waals surface area contributed by atoms with Crippen molar-refractivity contribution >= 4 is 11.6 Å². The second-order valence-corrected chi connectivity index (χ2v) is 5.21. The van der Waals surface area contributed by atoms with Crippen molar-refractivity contribution in [2.24, 2.45) is 0 Å². The van der Waals surface area contributed by atoms with Crippen molar-refractivity contribution in [3.05, 3.63) is 77.4 Å². The maximum absolute atomic E-state index is 5.97. The van der Waals surface area contributed by atoms with Gasteiger partial charge in [0.1, 0.15) is 0 Å². The molecule has 0 atom stereocenters. The van der Waals surface area contributed by atoms with Gasteiger partial charge in [-0.25, -0.2) is 0 Å². The van der Waals surface area contributed by atoms with E-state index in [-0.39, 0.29) is 0 Å². The van der Waals surface area contributed by atoms with E-state index in [1.807, 2.05) is 48.7 Å². The number of benzene rings is 2. The van der Waals surface area contributed by atoms with E-state index in [0.717, 1.165) is 21.8 Å². The Morgan fingerprint density at radius 3 is 2.35 bits per heavy atom. The third-order valence-corrected chi connectivity index (χ3v) is 3.52. The van der Waals surface area contributed by atoms with Gasteiger partial charge in [-0.3, -0.25) is 4.98 Å². The van der Waals surface area contributed by atoms with Crippen molar-refractivity contribution in [1.29, 1.82) is 0 Å². The first-order chi connectivity index (χ1) is 9.74. The van der Waals surface area contributed by atoms with Crippen LogP contribution >= 0.6 is 11.6 Å². The Kier molecular flexibility index (Phi) is 3.53. The lowest BCUT2D eigenvalue weighted by atomic mass is 9.95. The lowest BCUT2D eigenvalue weighted by molar-refractivity contribution is 1.32. The Hall–Kier alpha value is -2.12. The smallest absolute Gasteiger partial charge is 0.0708 e. The molecule has 0 aliphatic heterocycles. The Morgan fingerprint density at radius 2 is 1.65 bits per heavy atom. The third kappa shape index (κ3) is 2.59. The standard InChI is InChI=1S/C18H14ClN/c1-13-5-10-16(18-4-2-3-11-20-18)17(12-13)14-6-8-15(19)9-7-14/h2-12H,1H3. The quantitative estimate of drug-likeness (QED) is 0.614. The van der Waals surface area contributed by atoms with Crippen LogP contribution in [0.25, 0.3) is 22.4 Å². The molecule has 1 heterocycles. The zero-order valence-electron chi connectivity index (χ0n) is 11.2. The molecule has 2 aromatic carbocycles. The Morgan fingerprint density at radius 1 is 0.850 bits per heavy atom. The lowest BCUT2D eigenvalue weighted by Gasteiger charge is -2.11. The first-order valence-electron chi connectivity index (χ1n) is 6.52. The zero-order chi connectivity index (χ0) is 13.9. The molecule has 0 fully saturated rings. The molecular weight excluding hydrogens is 266 g/mol. The maximum Gasteiger partial charge on any atom is 0.0708 e. The average molecular weight is 280 g/mol. The summed E-state index contributed by atoms with van der Waals surface area (Å²) in [6.07, 6.45) is 1.82. The predicted octanol–water partition coefficient (Wildman–Crippen LogP) is 5.38. The van der Waals surface area contributed by atoms with E-state index in [1.165, 1.54) is 11.1 Å². The van der Waals surface area contributed by atoms with Gasteiger partial charge in [0.15, 0.2) is 0 Å². The summed E-state index contributed by atoms with van der Waals surface area (Å²) in [6.45, 7) is 2.10. The first kappa shape index (κ1) is 12.9. The van der Waals surface area contributed by atoms with E-state index in [2.05, 4.69) is 30.1 Å². The number of hydrogen-bond donors (Lipinski definition) is 0. The van der Waals surface area contributed by atoms with Crippen molar-refractivity contribution in [3.8, 4) is 22.4 Å². The maximum atomic E-state index is 5.97. The summed E-state index contributed by atoms with van der Waals surface area (Å²) in [7, 11) is 0. The summed E-state index contributed by atoms with van der Waals surface area (Å²) in [5.74, 6) is 0. The van der Waals surface area contributed by atoms with E-state index in [9.17, 15) is 0 Å². The van der Waals surface area contributed by atoms with Gasteiger partial charge in [0.2, 0.25) is 0 Å². The van der Waals surface area contributed by atoms with Gasteiger partial charge in [0, 0.05) is 16.8 Å². The van der Waals surface area contributed by atoms with Gasteiger partial charge in [-0.2, -0.15) is 0 Å². The summed E-state index contributed by atoms with van der Waals surface area (Å²) in [5.41, 5.74) is 5.68. The van der Waals surface area contributed by atoms with Crippen LogP contribution in [-0.2, 0) is 0 Å². The largest absolute Gasteiger partial charge is 0.256 e. The van der Waals surface area contributed by atoms with Gasteiger partial charge >= 0.3 is 0 Å². The number of halogens is 1. The monoisotopic (exact) mass is 279 g/mol. The summed E-state index contributed by atoms with van der Waals surface area (Å²) in [5, 5.41) is 0.751. The first-order valence-corrected chi connectivity index (χ1v) is 6.90. The molecule has 3 rings (SSSR count). The van der Waals surface area contributed by atoms with Crippen LogP contribution in [0.2, 0.25) is 5.02 Å². The summed E-state index contributed by atoms with van der Waals surface area (Å²) >= 11 is 5.97. The molecule has 0 saturated carbocycles. The molecule has 2 heteroatoms. The molecule has 3 aromatic rings. The molecule has 0 radical (unpaired) electrons. The van der Waals surface area contributed by atoms with Gasteiger partial charge in [-0.05, 0) is 42.3 Å². The fraction of sp³-hybridized carbons (Fsp3) is 0.0556. The average Bonchev–Trinajstić information content (AvgIpc) is 2.49. The second kappa shape index (κ2) is 5.48. The van der Waals surface area contributed by atoms with Crippen molar-refractivity contribution in [1.82, 2.24) is 4.98 Å². The molecule has 1 nitrogen and oxygen atoms in total. The highest BCUT2D eigenvalue weighted by molar-refractivity contribution is 6.30. The minimum absolute atomic E-state index is 0.751. The molecule has 1 aromatic heterocycles. The molecule has 0 N–H and O–H groups in total. The van der Waals surface area contributed by atoms with Crippen LogP contribution in [0.15, 0.2) is 66.9 Å². The summed E-state index contributed by atoms with van der Waals surface area (Å²) in [6, 6.07) is 20.3. The highest BCUT2D eigenvalue weighted by atomic mass is 35.5. The van der Waals surface area contributed by atoms with Gasteiger partial charge in [0.05, 0.1) is 5.69 Å². The minimum atomic E-state index is 0.751. The Labute approximate surface area is 123 Å². The van der Waals surface area contributed by atoms with Crippen molar-refractivity contribution in [2.45, 2.75) is 6.92 Å². The Bertz CT molecular complexity index is 718. The number of rotatable bonds is 2. The number of aryl methyl sites for hydroxylation is 1. The highest BCUT2D eigenvalue weighted by Crippen LogP contribution is 2.32. The highest BCUT2D eigenvalue weighted by Gasteiger charge is 2.08. The van der Waals surface area contributed by atoms with Crippen molar-refractivity contribution < 1.29 is 0 Å². The van der Waals surface area contributed by atoms with E-state index in [4.69, 9.17) is 11.6 Å². The molecular formula is C18H14ClN. The van der Waals surface area contributed by atoms with E-state index < -0.39 is 0 Å². The number of hydrogen-bond acceptors (Lipinski definition) is 1. The third-order valence-electron chi connectivity index (χ3n) is 3.27. The predicted molar refractivity (Wildman–Crippen MR) is 84.9 cm³/mol. The van der Waals surface area contributed by atoms with Crippen LogP contribution in [0.1, 0.15) is 5.56 Å². The van der Waals surface area contributed by atoms with Gasteiger partial charge in [0.25, 0.3) is 0 Å². The molecule has 20 heavy (non-hydrogen) atoms. The molecule has 98 valence electrons. The van der Waals surface area contributed by atoms with Crippen molar-refractivity contribution in [3.63, 3.8) is 0 Å². The topological polar surface area (TPSA) is 12.9 Å². The minimum Gasteiger partial charge on any atom is -0.256 e. The molecule has 0 aliphatic carbocycles. The molecule has 0 saturated heterocycles. The van der Waals surface area contributed by atoms with Crippen LogP contribution in [-0.4, -0.2) is 4.98 Å². The lowest BCUT2D eigenvalue weighted by Crippen LogP contribution is -1.88. The zero-order valence-corrected chi connectivity index (χ0v) is 11.9. The van der Waals surface area contributed by atoms with Crippen LogP contribution in [0.4, 0.5) is 0 Å². The fourth-order valence-corrected chi connectivity index (χ4v) is 2.40. The van der Waals surface area contributed by atoms with E-state index >= 15 is 0 Å². The van der Waals surface area contributed by atoms with Crippen LogP contribution in [0.5, 0.6) is 0 Å². The number of pyridine rings is 1. The van der Waals surface area contributed by atoms with Crippen LogP contribution in [0, 0.1) is 6.92 Å². The van der Waals surface area contributed by atoms with Crippen LogP contribution in [0.3, 0.4) is 0 Å². The molecule has 0 aliphatic rings. The van der Waals surface area contributed by atoms with E-state index in [1.54, 1.807) is 0 Å². The SMILES string of the molecule is Cc1ccc(-c2ccccn2)c(-c2ccc(Cl)cc2)c1. The summed E-state index contributed by atoms with van der Waals surface area (Å²) < 4.78 is 0. The fourth-order valence-electron chi connectivity index (χ4n) is 2.27. The van der Waals surface area contributed by atoms with Gasteiger partial charge in [-0.15, -0.1) is 0 Å². The Balaban J connectivity index is 2.19. The number of aromatic nitrogens is 1. The normalized spacial score (nSPS) is 10.5. The molecule has 0 bridgehead atoms. The van der Waals surface area contributed by atoms with Crippen molar-refractivity contribution in [2.75, 3.05) is 0 Å². The molecule has 0 amide bonds. The van der Waals surface area contributed by atoms with Gasteiger partial charge < -0.3 is 0 Å². The number of nitrogens with zero attached hydrogens (tertiary/aromatic N) is 1. The molecule has 0 unspecified atom stereocenters. The van der Waals surface area contributed by atoms with Gasteiger partial charge in [-0.1, -0.05) is 53.6 Å². The van der Waals surface area contributed by atoms with E-state index in [0.29, 0.717) is 0 Å². The molecule has 0 spiro atoms. The van der Waals surface area contributed by atoms with Crippen LogP contribution < -0.4 is 0 Å². The second-order valence-electron chi connectivity index (χ2n) is 4.77.